The van der Waals surface area contributed by atoms with E-state index in [0.29, 0.717) is 5.56 Å². The molecule has 0 unspecified atom stereocenters. The topological polar surface area (TPSA) is 63.8 Å². The molecular weight excluding hydrogens is 709 g/mol. The smallest absolute Gasteiger partial charge is 0.145 e. The number of fused-ring (bicyclic) bond motifs is 2. The number of phenols is 1. The maximum Gasteiger partial charge on any atom is 0.145 e. The molecule has 0 fully saturated rings. The standard InChI is InChI=1S/C53H46N4O/c1-52(2,3)40-23-24-46(42(30-40)35-17-11-8-12-18-35)57-47-33-54-32-45(44-29-36(22-25-48(44)58)34-15-9-7-10-16-34)50(47)56-51(57)39-20-13-19-37(27-39)43-31-41(53(4,5)6)28-38-21-14-26-55-49(38)43/h7-33,58H,1-6H3. The molecule has 284 valence electrons. The summed E-state index contributed by atoms with van der Waals surface area (Å²) in [5, 5.41) is 12.6. The van der Waals surface area contributed by atoms with Gasteiger partial charge in [0.15, 0.2) is 0 Å². The maximum atomic E-state index is 11.5. The Kier molecular flexibility index (Phi) is 9.04. The van der Waals surface area contributed by atoms with Crippen molar-refractivity contribution < 1.29 is 5.11 Å². The van der Waals surface area contributed by atoms with E-state index in [2.05, 4.69) is 149 Å². The van der Waals surface area contributed by atoms with Gasteiger partial charge in [-0.1, -0.05) is 139 Å². The quantitative estimate of drug-likeness (QED) is 0.184. The van der Waals surface area contributed by atoms with Crippen molar-refractivity contribution in [2.45, 2.75) is 52.4 Å². The van der Waals surface area contributed by atoms with Gasteiger partial charge in [-0.25, -0.2) is 4.98 Å². The number of imidazole rings is 1. The molecule has 5 heteroatoms. The molecule has 58 heavy (non-hydrogen) atoms. The zero-order chi connectivity index (χ0) is 40.2. The first kappa shape index (κ1) is 36.8. The Morgan fingerprint density at radius 1 is 0.483 bits per heavy atom. The molecule has 0 spiro atoms. The van der Waals surface area contributed by atoms with E-state index in [4.69, 9.17) is 15.0 Å². The summed E-state index contributed by atoms with van der Waals surface area (Å²) in [6.45, 7) is 13.5. The van der Waals surface area contributed by atoms with Gasteiger partial charge in [0.2, 0.25) is 0 Å². The average Bonchev–Trinajstić information content (AvgIpc) is 3.63. The molecule has 1 N–H and O–H groups in total. The predicted octanol–water partition coefficient (Wildman–Crippen LogP) is 13.6. The summed E-state index contributed by atoms with van der Waals surface area (Å²) >= 11 is 0. The van der Waals surface area contributed by atoms with Crippen LogP contribution in [0.1, 0.15) is 52.7 Å². The first-order valence-electron chi connectivity index (χ1n) is 19.9. The number of pyridine rings is 2. The van der Waals surface area contributed by atoms with E-state index in [-0.39, 0.29) is 16.6 Å². The fourth-order valence-corrected chi connectivity index (χ4v) is 7.91. The van der Waals surface area contributed by atoms with Crippen molar-refractivity contribution in [3.63, 3.8) is 0 Å². The Labute approximate surface area is 340 Å². The van der Waals surface area contributed by atoms with Gasteiger partial charge in [-0.15, -0.1) is 0 Å². The fourth-order valence-electron chi connectivity index (χ4n) is 7.91. The lowest BCUT2D eigenvalue weighted by molar-refractivity contribution is 0.477. The molecule has 6 aromatic carbocycles. The molecule has 9 aromatic rings. The summed E-state index contributed by atoms with van der Waals surface area (Å²) in [7, 11) is 0. The number of hydrogen-bond donors (Lipinski definition) is 1. The Morgan fingerprint density at radius 2 is 1.17 bits per heavy atom. The van der Waals surface area contributed by atoms with Crippen LogP contribution in [0.2, 0.25) is 0 Å². The normalized spacial score (nSPS) is 12.0. The second-order valence-electron chi connectivity index (χ2n) is 17.2. The minimum Gasteiger partial charge on any atom is -0.507 e. The maximum absolute atomic E-state index is 11.5. The first-order chi connectivity index (χ1) is 27.9. The molecule has 0 saturated carbocycles. The van der Waals surface area contributed by atoms with E-state index in [1.165, 1.54) is 11.1 Å². The molecular formula is C53H46N4O. The number of benzene rings is 6. The Morgan fingerprint density at radius 3 is 1.91 bits per heavy atom. The number of aromatic hydroxyl groups is 1. The minimum absolute atomic E-state index is 0.0514. The molecule has 0 aliphatic carbocycles. The molecule has 3 aromatic heterocycles. The molecule has 3 heterocycles. The van der Waals surface area contributed by atoms with Crippen molar-refractivity contribution in [2.75, 3.05) is 0 Å². The Hall–Kier alpha value is -6.85. The van der Waals surface area contributed by atoms with Crippen molar-refractivity contribution >= 4 is 21.9 Å². The lowest BCUT2D eigenvalue weighted by atomic mass is 9.84. The fraction of sp³-hybridized carbons (Fsp3) is 0.151. The lowest BCUT2D eigenvalue weighted by Gasteiger charge is -2.23. The molecule has 0 aliphatic rings. The summed E-state index contributed by atoms with van der Waals surface area (Å²) in [5.41, 5.74) is 14.7. The Bertz CT molecular complexity index is 2970. The molecule has 0 aliphatic heterocycles. The van der Waals surface area contributed by atoms with Crippen LogP contribution in [0.3, 0.4) is 0 Å². The van der Waals surface area contributed by atoms with Crippen molar-refractivity contribution in [3.05, 3.63) is 175 Å². The van der Waals surface area contributed by atoms with Gasteiger partial charge in [0, 0.05) is 45.6 Å². The van der Waals surface area contributed by atoms with Crippen LogP contribution in [-0.2, 0) is 10.8 Å². The van der Waals surface area contributed by atoms with Gasteiger partial charge in [0.1, 0.15) is 17.1 Å². The van der Waals surface area contributed by atoms with Crippen LogP contribution in [-0.4, -0.2) is 24.6 Å². The number of phenolic OH excluding ortho intramolecular Hbond substituents is 1. The average molecular weight is 755 g/mol. The summed E-state index contributed by atoms with van der Waals surface area (Å²) < 4.78 is 2.25. The van der Waals surface area contributed by atoms with Gasteiger partial charge in [-0.2, -0.15) is 0 Å². The van der Waals surface area contributed by atoms with Gasteiger partial charge < -0.3 is 5.11 Å². The highest BCUT2D eigenvalue weighted by Gasteiger charge is 2.25. The van der Waals surface area contributed by atoms with Crippen LogP contribution in [0, 0.1) is 0 Å². The van der Waals surface area contributed by atoms with E-state index in [9.17, 15) is 5.11 Å². The van der Waals surface area contributed by atoms with Crippen molar-refractivity contribution in [1.82, 2.24) is 19.5 Å². The minimum atomic E-state index is -0.0648. The third-order valence-electron chi connectivity index (χ3n) is 11.2. The van der Waals surface area contributed by atoms with Gasteiger partial charge >= 0.3 is 0 Å². The number of rotatable bonds is 6. The SMILES string of the molecule is CC(C)(C)c1ccc(-n2c(-c3cccc(-c4cc(C(C)(C)C)cc5cccnc45)c3)nc3c(-c4cc(-c5ccccc5)ccc4O)cncc32)c(-c2ccccc2)c1. The summed E-state index contributed by atoms with van der Waals surface area (Å²) in [5.74, 6) is 0.944. The second-order valence-corrected chi connectivity index (χ2v) is 17.2. The van der Waals surface area contributed by atoms with E-state index >= 15 is 0 Å². The van der Waals surface area contributed by atoms with Crippen LogP contribution < -0.4 is 0 Å². The van der Waals surface area contributed by atoms with Crippen LogP contribution in [0.25, 0.3) is 83.5 Å². The van der Waals surface area contributed by atoms with Crippen molar-refractivity contribution in [3.8, 4) is 67.3 Å². The number of nitrogens with zero attached hydrogens (tertiary/aromatic N) is 4. The van der Waals surface area contributed by atoms with Gasteiger partial charge in [0.25, 0.3) is 0 Å². The van der Waals surface area contributed by atoms with Gasteiger partial charge in [0.05, 0.1) is 22.9 Å². The summed E-state index contributed by atoms with van der Waals surface area (Å²) in [4.78, 5) is 15.3. The zero-order valence-electron chi connectivity index (χ0n) is 33.8. The summed E-state index contributed by atoms with van der Waals surface area (Å²) in [6.07, 6.45) is 5.59. The first-order valence-corrected chi connectivity index (χ1v) is 19.9. The van der Waals surface area contributed by atoms with E-state index < -0.39 is 0 Å². The van der Waals surface area contributed by atoms with Gasteiger partial charge in [-0.05, 0) is 92.7 Å². The second kappa shape index (κ2) is 14.3. The lowest BCUT2D eigenvalue weighted by Crippen LogP contribution is -2.12. The predicted molar refractivity (Wildman–Crippen MR) is 240 cm³/mol. The Balaban J connectivity index is 1.34. The molecule has 0 bridgehead atoms. The molecule has 0 radical (unpaired) electrons. The number of aromatic nitrogens is 4. The van der Waals surface area contributed by atoms with Crippen LogP contribution >= 0.6 is 0 Å². The van der Waals surface area contributed by atoms with Crippen molar-refractivity contribution in [1.29, 1.82) is 0 Å². The van der Waals surface area contributed by atoms with E-state index in [0.717, 1.165) is 78.0 Å². The van der Waals surface area contributed by atoms with Crippen molar-refractivity contribution in [2.24, 2.45) is 0 Å². The molecule has 0 atom stereocenters. The highest BCUT2D eigenvalue weighted by molar-refractivity contribution is 5.99. The summed E-state index contributed by atoms with van der Waals surface area (Å²) in [6, 6.07) is 50.7. The highest BCUT2D eigenvalue weighted by atomic mass is 16.3. The number of hydrogen-bond acceptors (Lipinski definition) is 4. The van der Waals surface area contributed by atoms with E-state index in [1.54, 1.807) is 6.07 Å². The third-order valence-corrected chi connectivity index (χ3v) is 11.2. The third kappa shape index (κ3) is 6.73. The molecule has 5 nitrogen and oxygen atoms in total. The zero-order valence-corrected chi connectivity index (χ0v) is 33.8. The van der Waals surface area contributed by atoms with Crippen LogP contribution in [0.4, 0.5) is 0 Å². The molecule has 0 saturated heterocycles. The molecule has 9 rings (SSSR count). The molecule has 0 amide bonds. The van der Waals surface area contributed by atoms with E-state index in [1.807, 2.05) is 55.0 Å². The van der Waals surface area contributed by atoms with Crippen LogP contribution in [0.5, 0.6) is 5.75 Å². The largest absolute Gasteiger partial charge is 0.507 e. The van der Waals surface area contributed by atoms with Crippen LogP contribution in [0.15, 0.2) is 164 Å². The van der Waals surface area contributed by atoms with Gasteiger partial charge in [-0.3, -0.25) is 14.5 Å². The highest BCUT2D eigenvalue weighted by Crippen LogP contribution is 2.42. The monoisotopic (exact) mass is 754 g/mol.